The van der Waals surface area contributed by atoms with Gasteiger partial charge in [-0.05, 0) is 38.5 Å². The molecule has 3 atom stereocenters. The first-order valence-electron chi connectivity index (χ1n) is 17.5. The maximum absolute atomic E-state index is 12.7. The highest BCUT2D eigenvalue weighted by molar-refractivity contribution is 7.45. The molecular formula is C34H69N2O6P. The van der Waals surface area contributed by atoms with Gasteiger partial charge in [-0.3, -0.25) is 9.36 Å². The number of amides is 1. The molecule has 0 aliphatic rings. The van der Waals surface area contributed by atoms with Crippen LogP contribution in [0.2, 0.25) is 0 Å². The van der Waals surface area contributed by atoms with Crippen LogP contribution in [0.25, 0.3) is 0 Å². The van der Waals surface area contributed by atoms with Crippen molar-refractivity contribution in [2.45, 2.75) is 161 Å². The van der Waals surface area contributed by atoms with Crippen LogP contribution in [-0.4, -0.2) is 68.5 Å². The molecule has 2 N–H and O–H groups in total. The molecular weight excluding hydrogens is 563 g/mol. The zero-order valence-corrected chi connectivity index (χ0v) is 29.6. The Hall–Kier alpha value is -0.760. The number of nitrogens with zero attached hydrogens (tertiary/aromatic N) is 1. The van der Waals surface area contributed by atoms with E-state index in [1.807, 2.05) is 21.1 Å². The van der Waals surface area contributed by atoms with Crippen LogP contribution in [0.15, 0.2) is 12.2 Å². The van der Waals surface area contributed by atoms with Crippen LogP contribution in [0.4, 0.5) is 0 Å². The smallest absolute Gasteiger partial charge is 0.268 e. The van der Waals surface area contributed by atoms with E-state index in [-0.39, 0.29) is 19.1 Å². The SMILES string of the molecule is CCCCC/C=C/CCCC[C@@H](O)[C@H](COP(=O)([O-])OCC[N+](C)(C)C)NC(=O)CCCCCCCCCCCCCC. The summed E-state index contributed by atoms with van der Waals surface area (Å²) < 4.78 is 23.0. The van der Waals surface area contributed by atoms with Crippen LogP contribution in [0.5, 0.6) is 0 Å². The fraction of sp³-hybridized carbons (Fsp3) is 0.912. The molecule has 0 aromatic carbocycles. The van der Waals surface area contributed by atoms with Crippen molar-refractivity contribution < 1.29 is 32.9 Å². The van der Waals surface area contributed by atoms with Gasteiger partial charge in [-0.15, -0.1) is 0 Å². The van der Waals surface area contributed by atoms with E-state index in [0.29, 0.717) is 23.9 Å². The first-order valence-corrected chi connectivity index (χ1v) is 19.0. The summed E-state index contributed by atoms with van der Waals surface area (Å²) in [5.41, 5.74) is 0. The van der Waals surface area contributed by atoms with Gasteiger partial charge in [-0.1, -0.05) is 116 Å². The summed E-state index contributed by atoms with van der Waals surface area (Å²) >= 11 is 0. The van der Waals surface area contributed by atoms with E-state index in [0.717, 1.165) is 44.9 Å². The monoisotopic (exact) mass is 632 g/mol. The third-order valence-corrected chi connectivity index (χ3v) is 8.72. The van der Waals surface area contributed by atoms with E-state index < -0.39 is 20.0 Å². The number of likely N-dealkylation sites (N-methyl/N-ethyl adjacent to an activating group) is 1. The number of phosphoric ester groups is 1. The van der Waals surface area contributed by atoms with Gasteiger partial charge in [0, 0.05) is 6.42 Å². The van der Waals surface area contributed by atoms with Crippen LogP contribution in [0.3, 0.4) is 0 Å². The normalized spacial score (nSPS) is 15.0. The molecule has 0 heterocycles. The number of unbranched alkanes of at least 4 members (excludes halogenated alkanes) is 16. The highest BCUT2D eigenvalue weighted by Gasteiger charge is 2.24. The highest BCUT2D eigenvalue weighted by atomic mass is 31.2. The Bertz CT molecular complexity index is 728. The molecule has 0 aliphatic heterocycles. The number of allylic oxidation sites excluding steroid dienone is 2. The van der Waals surface area contributed by atoms with Gasteiger partial charge < -0.3 is 28.8 Å². The van der Waals surface area contributed by atoms with Crippen LogP contribution in [0.1, 0.15) is 149 Å². The van der Waals surface area contributed by atoms with Gasteiger partial charge in [0.2, 0.25) is 5.91 Å². The van der Waals surface area contributed by atoms with Crippen molar-refractivity contribution in [2.75, 3.05) is 40.9 Å². The van der Waals surface area contributed by atoms with Crippen molar-refractivity contribution in [3.63, 3.8) is 0 Å². The fourth-order valence-corrected chi connectivity index (χ4v) is 5.58. The summed E-state index contributed by atoms with van der Waals surface area (Å²) in [6.07, 6.45) is 26.5. The minimum absolute atomic E-state index is 0.00871. The van der Waals surface area contributed by atoms with E-state index in [1.165, 1.54) is 77.0 Å². The Morgan fingerprint density at radius 2 is 1.28 bits per heavy atom. The Labute approximate surface area is 265 Å². The molecule has 0 saturated heterocycles. The van der Waals surface area contributed by atoms with Crippen molar-refractivity contribution in [3.05, 3.63) is 12.2 Å². The van der Waals surface area contributed by atoms with Crippen molar-refractivity contribution in [1.82, 2.24) is 5.32 Å². The average molecular weight is 633 g/mol. The second-order valence-corrected chi connectivity index (χ2v) is 14.6. The number of nitrogens with one attached hydrogen (secondary N) is 1. The van der Waals surface area contributed by atoms with Crippen molar-refractivity contribution in [3.8, 4) is 0 Å². The zero-order chi connectivity index (χ0) is 32.2. The summed E-state index contributed by atoms with van der Waals surface area (Å²) in [4.78, 5) is 25.0. The van der Waals surface area contributed by atoms with Gasteiger partial charge in [-0.25, -0.2) is 0 Å². The van der Waals surface area contributed by atoms with Gasteiger partial charge in [0.15, 0.2) is 0 Å². The summed E-state index contributed by atoms with van der Waals surface area (Å²) in [7, 11) is 1.29. The second-order valence-electron chi connectivity index (χ2n) is 13.2. The Morgan fingerprint density at radius 3 is 1.81 bits per heavy atom. The largest absolute Gasteiger partial charge is 0.756 e. The molecule has 0 spiro atoms. The minimum atomic E-state index is -4.55. The molecule has 1 amide bonds. The molecule has 8 nitrogen and oxygen atoms in total. The minimum Gasteiger partial charge on any atom is -0.756 e. The van der Waals surface area contributed by atoms with E-state index in [1.54, 1.807) is 0 Å². The van der Waals surface area contributed by atoms with Crippen LogP contribution >= 0.6 is 7.82 Å². The van der Waals surface area contributed by atoms with E-state index in [2.05, 4.69) is 31.3 Å². The first-order chi connectivity index (χ1) is 20.5. The number of carbonyl (C=O) groups is 1. The number of aliphatic hydroxyl groups excluding tert-OH is 1. The second kappa shape index (κ2) is 27.5. The van der Waals surface area contributed by atoms with Gasteiger partial charge >= 0.3 is 0 Å². The lowest BCUT2D eigenvalue weighted by molar-refractivity contribution is -0.870. The maximum Gasteiger partial charge on any atom is 0.268 e. The number of aliphatic hydroxyl groups is 1. The quantitative estimate of drug-likeness (QED) is 0.0349. The molecule has 0 radical (unpaired) electrons. The van der Waals surface area contributed by atoms with Crippen LogP contribution in [-0.2, 0) is 18.4 Å². The van der Waals surface area contributed by atoms with Crippen molar-refractivity contribution in [1.29, 1.82) is 0 Å². The Morgan fingerprint density at radius 1 is 0.791 bits per heavy atom. The number of phosphoric acid groups is 1. The molecule has 0 aromatic heterocycles. The van der Waals surface area contributed by atoms with E-state index >= 15 is 0 Å². The molecule has 0 bridgehead atoms. The summed E-state index contributed by atoms with van der Waals surface area (Å²) in [5.74, 6) is -0.179. The third-order valence-electron chi connectivity index (χ3n) is 7.75. The van der Waals surface area contributed by atoms with Gasteiger partial charge in [-0.2, -0.15) is 0 Å². The molecule has 9 heteroatoms. The lowest BCUT2D eigenvalue weighted by Crippen LogP contribution is -2.46. The molecule has 1 unspecified atom stereocenters. The number of hydrogen-bond acceptors (Lipinski definition) is 6. The maximum atomic E-state index is 12.7. The lowest BCUT2D eigenvalue weighted by atomic mass is 10.0. The molecule has 43 heavy (non-hydrogen) atoms. The predicted octanol–water partition coefficient (Wildman–Crippen LogP) is 7.83. The predicted molar refractivity (Wildman–Crippen MR) is 178 cm³/mol. The van der Waals surface area contributed by atoms with Gasteiger partial charge in [0.05, 0.1) is 39.9 Å². The van der Waals surface area contributed by atoms with Crippen LogP contribution < -0.4 is 10.2 Å². The van der Waals surface area contributed by atoms with Crippen molar-refractivity contribution in [2.24, 2.45) is 0 Å². The number of carbonyl (C=O) groups excluding carboxylic acids is 1. The zero-order valence-electron chi connectivity index (χ0n) is 28.7. The third kappa shape index (κ3) is 29.7. The Balaban J connectivity index is 4.53. The molecule has 0 rings (SSSR count). The van der Waals surface area contributed by atoms with E-state index in [4.69, 9.17) is 9.05 Å². The molecule has 0 aromatic rings. The lowest BCUT2D eigenvalue weighted by Gasteiger charge is -2.30. The van der Waals surface area contributed by atoms with E-state index in [9.17, 15) is 19.4 Å². The molecule has 0 saturated carbocycles. The standard InChI is InChI=1S/C34H69N2O6P/c1-6-8-10-12-14-16-17-18-20-22-24-26-28-34(38)35-32(31-42-43(39,40)41-30-29-36(3,4)5)33(37)27-25-23-21-19-15-13-11-9-7-2/h15,19,32-33,37H,6-14,16-18,20-31H2,1-5H3,(H-,35,38,39,40)/b19-15+/t32-,33+/m0/s1. The van der Waals surface area contributed by atoms with Crippen molar-refractivity contribution >= 4 is 13.7 Å². The highest BCUT2D eigenvalue weighted by Crippen LogP contribution is 2.38. The first kappa shape index (κ1) is 42.2. The molecule has 0 aliphatic carbocycles. The Kier molecular flexibility index (Phi) is 27.1. The van der Waals surface area contributed by atoms with Gasteiger partial charge in [0.25, 0.3) is 7.82 Å². The van der Waals surface area contributed by atoms with Gasteiger partial charge in [0.1, 0.15) is 13.2 Å². The molecule has 0 fully saturated rings. The number of hydrogen-bond donors (Lipinski definition) is 2. The summed E-state index contributed by atoms with van der Waals surface area (Å²) in [5, 5.41) is 13.7. The summed E-state index contributed by atoms with van der Waals surface area (Å²) in [6.45, 7) is 4.62. The molecule has 256 valence electrons. The fourth-order valence-electron chi connectivity index (χ4n) is 4.85. The number of quaternary nitrogens is 1. The summed E-state index contributed by atoms with van der Waals surface area (Å²) in [6, 6.07) is -0.807. The average Bonchev–Trinajstić information content (AvgIpc) is 2.94. The van der Waals surface area contributed by atoms with Crippen LogP contribution in [0, 0.1) is 0 Å². The topological polar surface area (TPSA) is 108 Å². The number of rotatable bonds is 31.